The van der Waals surface area contributed by atoms with E-state index in [2.05, 4.69) is 13.8 Å². The second-order valence-corrected chi connectivity index (χ2v) is 8.95. The minimum Gasteiger partial charge on any atom is -0.481 e. The standard InChI is InChI=1S/C23H44O4/c1-6-7-8-9-10-11-12-13-14-15-16-17-20-18(2)21(19(3)22(24)25)27-23(4,5)26-20/h18-21H,6-17H2,1-5H3,(H,24,25)/t18-,19+,20+,21+/m0/s1. The van der Waals surface area contributed by atoms with Crippen LogP contribution in [0.15, 0.2) is 0 Å². The molecule has 160 valence electrons. The number of carboxylic acid groups (broad SMARTS) is 1. The molecule has 4 nitrogen and oxygen atoms in total. The van der Waals surface area contributed by atoms with Gasteiger partial charge in [-0.15, -0.1) is 0 Å². The minimum atomic E-state index is -0.794. The lowest BCUT2D eigenvalue weighted by molar-refractivity contribution is -0.326. The Morgan fingerprint density at radius 2 is 1.41 bits per heavy atom. The van der Waals surface area contributed by atoms with E-state index >= 15 is 0 Å². The molecule has 4 atom stereocenters. The Balaban J connectivity index is 2.22. The fourth-order valence-corrected chi connectivity index (χ4v) is 4.18. The van der Waals surface area contributed by atoms with E-state index in [-0.39, 0.29) is 18.1 Å². The van der Waals surface area contributed by atoms with Crippen molar-refractivity contribution in [2.45, 2.75) is 130 Å². The summed E-state index contributed by atoms with van der Waals surface area (Å²) in [6.45, 7) is 9.87. The van der Waals surface area contributed by atoms with E-state index in [4.69, 9.17) is 9.47 Å². The number of unbranched alkanes of at least 4 members (excludes halogenated alkanes) is 10. The summed E-state index contributed by atoms with van der Waals surface area (Å²) in [5, 5.41) is 9.36. The van der Waals surface area contributed by atoms with Crippen LogP contribution in [0, 0.1) is 11.8 Å². The Morgan fingerprint density at radius 1 is 0.926 bits per heavy atom. The molecule has 0 saturated carbocycles. The highest BCUT2D eigenvalue weighted by atomic mass is 16.7. The quantitative estimate of drug-likeness (QED) is 0.344. The van der Waals surface area contributed by atoms with Crippen molar-refractivity contribution in [3.05, 3.63) is 0 Å². The number of hydrogen-bond donors (Lipinski definition) is 1. The normalized spacial score (nSPS) is 26.0. The monoisotopic (exact) mass is 384 g/mol. The smallest absolute Gasteiger partial charge is 0.308 e. The molecule has 0 aliphatic carbocycles. The summed E-state index contributed by atoms with van der Waals surface area (Å²) in [4.78, 5) is 11.4. The van der Waals surface area contributed by atoms with E-state index in [0.29, 0.717) is 0 Å². The van der Waals surface area contributed by atoms with Gasteiger partial charge in [0.15, 0.2) is 5.79 Å². The Kier molecular flexibility index (Phi) is 11.6. The third kappa shape index (κ3) is 9.43. The second kappa shape index (κ2) is 12.8. The van der Waals surface area contributed by atoms with Crippen molar-refractivity contribution in [2.24, 2.45) is 11.8 Å². The highest BCUT2D eigenvalue weighted by Gasteiger charge is 2.44. The van der Waals surface area contributed by atoms with E-state index in [9.17, 15) is 9.90 Å². The summed E-state index contributed by atoms with van der Waals surface area (Å²) in [7, 11) is 0. The molecule has 1 rings (SSSR count). The maximum Gasteiger partial charge on any atom is 0.308 e. The average molecular weight is 385 g/mol. The molecule has 0 aromatic carbocycles. The summed E-state index contributed by atoms with van der Waals surface area (Å²) in [5.41, 5.74) is 0. The summed E-state index contributed by atoms with van der Waals surface area (Å²) in [6, 6.07) is 0. The number of carbonyl (C=O) groups is 1. The van der Waals surface area contributed by atoms with Crippen molar-refractivity contribution in [1.82, 2.24) is 0 Å². The Labute approximate surface area is 167 Å². The predicted octanol–water partition coefficient (Wildman–Crippen LogP) is 6.56. The van der Waals surface area contributed by atoms with Crippen molar-refractivity contribution in [1.29, 1.82) is 0 Å². The fraction of sp³-hybridized carbons (Fsp3) is 0.957. The molecule has 27 heavy (non-hydrogen) atoms. The Morgan fingerprint density at radius 3 is 1.89 bits per heavy atom. The van der Waals surface area contributed by atoms with Gasteiger partial charge in [0.1, 0.15) is 0 Å². The lowest BCUT2D eigenvalue weighted by Crippen LogP contribution is -2.53. The van der Waals surface area contributed by atoms with Gasteiger partial charge in [0.2, 0.25) is 0 Å². The number of carboxylic acids is 1. The molecule has 1 N–H and O–H groups in total. The first-order chi connectivity index (χ1) is 12.8. The third-order valence-electron chi connectivity index (χ3n) is 5.93. The van der Waals surface area contributed by atoms with Crippen molar-refractivity contribution in [3.8, 4) is 0 Å². The first-order valence-corrected chi connectivity index (χ1v) is 11.4. The molecule has 0 aromatic heterocycles. The molecule has 0 bridgehead atoms. The second-order valence-electron chi connectivity index (χ2n) is 8.95. The Hall–Kier alpha value is -0.610. The van der Waals surface area contributed by atoms with Gasteiger partial charge in [-0.3, -0.25) is 4.79 Å². The van der Waals surface area contributed by atoms with E-state index in [1.54, 1.807) is 6.92 Å². The zero-order valence-electron chi connectivity index (χ0n) is 18.5. The first-order valence-electron chi connectivity index (χ1n) is 11.4. The van der Waals surface area contributed by atoms with Crippen LogP contribution in [0.4, 0.5) is 0 Å². The number of hydrogen-bond acceptors (Lipinski definition) is 3. The van der Waals surface area contributed by atoms with Crippen molar-refractivity contribution < 1.29 is 19.4 Å². The van der Waals surface area contributed by atoms with E-state index < -0.39 is 17.7 Å². The third-order valence-corrected chi connectivity index (χ3v) is 5.93. The molecule has 0 spiro atoms. The Bertz CT molecular complexity index is 407. The topological polar surface area (TPSA) is 55.8 Å². The zero-order valence-corrected chi connectivity index (χ0v) is 18.5. The maximum absolute atomic E-state index is 11.4. The molecule has 0 aromatic rings. The summed E-state index contributed by atoms with van der Waals surface area (Å²) < 4.78 is 12.1. The summed E-state index contributed by atoms with van der Waals surface area (Å²) >= 11 is 0. The zero-order chi connectivity index (χ0) is 20.3. The van der Waals surface area contributed by atoms with E-state index in [0.717, 1.165) is 12.8 Å². The van der Waals surface area contributed by atoms with Crippen LogP contribution in [-0.2, 0) is 14.3 Å². The van der Waals surface area contributed by atoms with Crippen molar-refractivity contribution >= 4 is 5.97 Å². The number of aliphatic carboxylic acids is 1. The predicted molar refractivity (Wildman–Crippen MR) is 111 cm³/mol. The minimum absolute atomic E-state index is 0.0825. The van der Waals surface area contributed by atoms with Crippen LogP contribution in [0.2, 0.25) is 0 Å². The van der Waals surface area contributed by atoms with Gasteiger partial charge >= 0.3 is 5.97 Å². The molecular weight excluding hydrogens is 340 g/mol. The van der Waals surface area contributed by atoms with Gasteiger partial charge in [-0.2, -0.15) is 0 Å². The van der Waals surface area contributed by atoms with Crippen LogP contribution in [-0.4, -0.2) is 29.1 Å². The van der Waals surface area contributed by atoms with Gasteiger partial charge in [-0.25, -0.2) is 0 Å². The van der Waals surface area contributed by atoms with Gasteiger partial charge in [-0.05, 0) is 27.2 Å². The largest absolute Gasteiger partial charge is 0.481 e. The van der Waals surface area contributed by atoms with E-state index in [1.165, 1.54) is 64.2 Å². The summed E-state index contributed by atoms with van der Waals surface area (Å²) in [5.74, 6) is -1.91. The van der Waals surface area contributed by atoms with Gasteiger partial charge < -0.3 is 14.6 Å². The van der Waals surface area contributed by atoms with Crippen LogP contribution in [0.3, 0.4) is 0 Å². The lowest BCUT2D eigenvalue weighted by Gasteiger charge is -2.46. The van der Waals surface area contributed by atoms with Crippen LogP contribution >= 0.6 is 0 Å². The highest BCUT2D eigenvalue weighted by molar-refractivity contribution is 5.70. The number of ether oxygens (including phenoxy) is 2. The van der Waals surface area contributed by atoms with Gasteiger partial charge in [0, 0.05) is 5.92 Å². The molecule has 0 amide bonds. The summed E-state index contributed by atoms with van der Waals surface area (Å²) in [6.07, 6.45) is 15.5. The lowest BCUT2D eigenvalue weighted by atomic mass is 9.85. The van der Waals surface area contributed by atoms with Crippen LogP contribution in [0.25, 0.3) is 0 Å². The molecule has 1 heterocycles. The van der Waals surface area contributed by atoms with Crippen molar-refractivity contribution in [3.63, 3.8) is 0 Å². The van der Waals surface area contributed by atoms with Gasteiger partial charge in [-0.1, -0.05) is 84.5 Å². The molecule has 4 heteroatoms. The highest BCUT2D eigenvalue weighted by Crippen LogP contribution is 2.36. The SMILES string of the molecule is CCCCCCCCCCCCC[C@H]1OC(C)(C)O[C@@H]([C@@H](C)C(=O)O)[C@H]1C. The molecule has 1 saturated heterocycles. The average Bonchev–Trinajstić information content (AvgIpc) is 2.61. The maximum atomic E-state index is 11.4. The van der Waals surface area contributed by atoms with Crippen LogP contribution in [0.1, 0.15) is 112 Å². The molecule has 1 aliphatic rings. The first kappa shape index (κ1) is 24.4. The fourth-order valence-electron chi connectivity index (χ4n) is 4.18. The molecule has 0 radical (unpaired) electrons. The van der Waals surface area contributed by atoms with Crippen LogP contribution < -0.4 is 0 Å². The molecule has 1 fully saturated rings. The number of rotatable bonds is 14. The molecular formula is C23H44O4. The van der Waals surface area contributed by atoms with E-state index in [1.807, 2.05) is 13.8 Å². The molecule has 1 aliphatic heterocycles. The van der Waals surface area contributed by atoms with Gasteiger partial charge in [0.25, 0.3) is 0 Å². The van der Waals surface area contributed by atoms with Crippen molar-refractivity contribution in [2.75, 3.05) is 0 Å². The van der Waals surface area contributed by atoms with Crippen LogP contribution in [0.5, 0.6) is 0 Å². The molecule has 0 unspecified atom stereocenters. The van der Waals surface area contributed by atoms with Gasteiger partial charge in [0.05, 0.1) is 18.1 Å².